The monoisotopic (exact) mass is 938 g/mol. The van der Waals surface area contributed by atoms with Gasteiger partial charge in [0.15, 0.2) is 0 Å². The molecule has 0 fully saturated rings. The number of nitrogens with zero attached hydrogens (tertiary/aromatic N) is 2. The van der Waals surface area contributed by atoms with Crippen molar-refractivity contribution in [2.45, 2.75) is 5.41 Å². The lowest BCUT2D eigenvalue weighted by atomic mass is 9.66. The molecule has 2 aliphatic rings. The van der Waals surface area contributed by atoms with Crippen LogP contribution < -0.4 is 14.5 Å². The molecule has 0 atom stereocenters. The fraction of sp³-hybridized carbons (Fsp3) is 0.0149. The van der Waals surface area contributed by atoms with Crippen LogP contribution in [-0.4, -0.2) is 0 Å². The van der Waals surface area contributed by atoms with Crippen LogP contribution in [0, 0.1) is 0 Å². The van der Waals surface area contributed by atoms with E-state index in [9.17, 15) is 0 Å². The van der Waals surface area contributed by atoms with E-state index in [-0.39, 0.29) is 0 Å². The molecule has 0 unspecified atom stereocenters. The molecule has 5 heteroatoms. The van der Waals surface area contributed by atoms with Crippen molar-refractivity contribution in [3.05, 3.63) is 277 Å². The molecule has 4 nitrogen and oxygen atoms in total. The lowest BCUT2D eigenvalue weighted by molar-refractivity contribution is 0.436. The number of furan rings is 1. The Morgan fingerprint density at radius 1 is 0.333 bits per heavy atom. The van der Waals surface area contributed by atoms with E-state index >= 15 is 0 Å². The van der Waals surface area contributed by atoms with Crippen LogP contribution in [0.15, 0.2) is 259 Å². The van der Waals surface area contributed by atoms with Crippen LogP contribution in [0.4, 0.5) is 34.1 Å². The first-order valence-electron chi connectivity index (χ1n) is 24.5. The largest absolute Gasteiger partial charge is 0.457 e. The van der Waals surface area contributed by atoms with Crippen LogP contribution >= 0.6 is 11.3 Å². The lowest BCUT2D eigenvalue weighted by Crippen LogP contribution is -2.32. The van der Waals surface area contributed by atoms with E-state index < -0.39 is 5.41 Å². The van der Waals surface area contributed by atoms with Gasteiger partial charge in [-0.25, -0.2) is 0 Å². The summed E-state index contributed by atoms with van der Waals surface area (Å²) in [4.78, 5) is 4.82. The van der Waals surface area contributed by atoms with Gasteiger partial charge in [-0.05, 0) is 130 Å². The number of hydrogen-bond acceptors (Lipinski definition) is 5. The molecule has 13 aromatic rings. The first-order valence-corrected chi connectivity index (χ1v) is 25.3. The Morgan fingerprint density at radius 3 is 1.71 bits per heavy atom. The summed E-state index contributed by atoms with van der Waals surface area (Å²) < 4.78 is 16.4. The van der Waals surface area contributed by atoms with E-state index in [1.807, 2.05) is 11.3 Å². The van der Waals surface area contributed by atoms with E-state index in [0.717, 1.165) is 89.8 Å². The Balaban J connectivity index is 1.03. The van der Waals surface area contributed by atoms with Gasteiger partial charge in [0.2, 0.25) is 0 Å². The molecular formula is C67H42N2O2S. The van der Waals surface area contributed by atoms with Crippen molar-refractivity contribution in [3.63, 3.8) is 0 Å². The van der Waals surface area contributed by atoms with Crippen LogP contribution in [0.2, 0.25) is 0 Å². The summed E-state index contributed by atoms with van der Waals surface area (Å²) in [5.74, 6) is 1.71. The summed E-state index contributed by atoms with van der Waals surface area (Å²) in [6.45, 7) is 0. The molecule has 0 bridgehead atoms. The number of hydrogen-bond donors (Lipinski definition) is 0. The number of rotatable bonds is 7. The van der Waals surface area contributed by atoms with Gasteiger partial charge in [0.05, 0.1) is 22.2 Å². The van der Waals surface area contributed by atoms with Crippen molar-refractivity contribution in [1.29, 1.82) is 0 Å². The predicted octanol–water partition coefficient (Wildman–Crippen LogP) is 19.0. The quantitative estimate of drug-likeness (QED) is 0.159. The van der Waals surface area contributed by atoms with Crippen molar-refractivity contribution in [2.75, 3.05) is 9.80 Å². The zero-order valence-corrected chi connectivity index (χ0v) is 39.7. The molecule has 1 aliphatic carbocycles. The SMILES string of the molecule is c1ccc(N(c2ccccc2)c2cccc(-c3cc(N(c4ccc5c(c4)C4(c6ccccc6O5)c5ccccc5-c5ccccc54)c4cccc5sc6ccccc6c45)c4c(c3)oc3ccccc34)c2)cc1. The molecule has 2 aromatic heterocycles. The Bertz CT molecular complexity index is 4200. The van der Waals surface area contributed by atoms with Crippen LogP contribution in [0.5, 0.6) is 11.5 Å². The van der Waals surface area contributed by atoms with Gasteiger partial charge >= 0.3 is 0 Å². The number of fused-ring (bicyclic) bond motifs is 15. The van der Waals surface area contributed by atoms with Gasteiger partial charge in [0, 0.05) is 59.4 Å². The third-order valence-corrected chi connectivity index (χ3v) is 16.0. The molecular weight excluding hydrogens is 897 g/mol. The van der Waals surface area contributed by atoms with Gasteiger partial charge in [-0.2, -0.15) is 0 Å². The maximum absolute atomic E-state index is 7.01. The van der Waals surface area contributed by atoms with Gasteiger partial charge in [-0.1, -0.05) is 158 Å². The van der Waals surface area contributed by atoms with Gasteiger partial charge in [0.25, 0.3) is 0 Å². The van der Waals surface area contributed by atoms with Gasteiger partial charge in [0.1, 0.15) is 22.7 Å². The number of ether oxygens (including phenoxy) is 1. The molecule has 11 aromatic carbocycles. The highest BCUT2D eigenvalue weighted by molar-refractivity contribution is 7.26. The molecule has 72 heavy (non-hydrogen) atoms. The zero-order chi connectivity index (χ0) is 47.3. The molecule has 0 saturated carbocycles. The maximum Gasteiger partial charge on any atom is 0.138 e. The Kier molecular flexibility index (Phi) is 9.01. The number of thiophene rings is 1. The van der Waals surface area contributed by atoms with Gasteiger partial charge in [-0.15, -0.1) is 11.3 Å². The number of benzene rings is 11. The summed E-state index contributed by atoms with van der Waals surface area (Å²) in [6.07, 6.45) is 0. The van der Waals surface area contributed by atoms with Crippen molar-refractivity contribution < 1.29 is 9.15 Å². The normalized spacial score (nSPS) is 12.9. The smallest absolute Gasteiger partial charge is 0.138 e. The average molecular weight is 939 g/mol. The number of para-hydroxylation sites is 4. The minimum atomic E-state index is -0.649. The highest BCUT2D eigenvalue weighted by Gasteiger charge is 2.51. The first-order chi connectivity index (χ1) is 35.7. The molecule has 0 amide bonds. The summed E-state index contributed by atoms with van der Waals surface area (Å²) in [7, 11) is 0. The predicted molar refractivity (Wildman–Crippen MR) is 299 cm³/mol. The van der Waals surface area contributed by atoms with Crippen molar-refractivity contribution >= 4 is 87.6 Å². The first kappa shape index (κ1) is 40.7. The zero-order valence-electron chi connectivity index (χ0n) is 38.9. The van der Waals surface area contributed by atoms with Crippen LogP contribution in [0.1, 0.15) is 22.3 Å². The molecule has 0 saturated heterocycles. The van der Waals surface area contributed by atoms with Gasteiger partial charge < -0.3 is 19.0 Å². The average Bonchev–Trinajstić information content (AvgIpc) is 4.11. The van der Waals surface area contributed by atoms with Crippen molar-refractivity contribution in [1.82, 2.24) is 0 Å². The Hall–Kier alpha value is -9.16. The maximum atomic E-state index is 7.01. The summed E-state index contributed by atoms with van der Waals surface area (Å²) >= 11 is 1.84. The lowest BCUT2D eigenvalue weighted by Gasteiger charge is -2.40. The van der Waals surface area contributed by atoms with Crippen molar-refractivity contribution in [2.24, 2.45) is 0 Å². The third kappa shape index (κ3) is 5.98. The minimum Gasteiger partial charge on any atom is -0.457 e. The summed E-state index contributed by atoms with van der Waals surface area (Å²) in [5, 5.41) is 4.53. The van der Waals surface area contributed by atoms with E-state index in [2.05, 4.69) is 265 Å². The second kappa shape index (κ2) is 15.9. The molecule has 0 radical (unpaired) electrons. The molecule has 1 spiro atoms. The highest BCUT2D eigenvalue weighted by atomic mass is 32.1. The van der Waals surface area contributed by atoms with Crippen LogP contribution in [0.25, 0.3) is 64.4 Å². The van der Waals surface area contributed by atoms with Crippen molar-refractivity contribution in [3.8, 4) is 33.8 Å². The second-order valence-electron chi connectivity index (χ2n) is 18.7. The summed E-state index contributed by atoms with van der Waals surface area (Å²) in [6, 6.07) is 92.1. The molecule has 3 heterocycles. The standard InChI is InChI=1S/C67H42N2O2S/c1-3-20-45(21-4-1)68(46-22-5-2-6-23-46)47-24-17-19-43(39-47)44-40-58(65-51-27-9-14-33-59(51)70-62(65)41-44)69(57-32-18-36-64-66(57)52-28-10-16-35-63(52)72-64)48-37-38-61-56(42-48)67(55-31-13-15-34-60(55)71-61)53-29-11-7-25-49(53)50-26-8-12-30-54(50)67/h1-42H. The van der Waals surface area contributed by atoms with E-state index in [1.54, 1.807) is 0 Å². The molecule has 1 aliphatic heterocycles. The van der Waals surface area contributed by atoms with E-state index in [0.29, 0.717) is 0 Å². The van der Waals surface area contributed by atoms with E-state index in [1.165, 1.54) is 42.4 Å². The second-order valence-corrected chi connectivity index (χ2v) is 19.8. The molecule has 0 N–H and O–H groups in total. The molecule has 338 valence electrons. The van der Waals surface area contributed by atoms with E-state index in [4.69, 9.17) is 9.15 Å². The fourth-order valence-corrected chi connectivity index (χ4v) is 13.1. The minimum absolute atomic E-state index is 0.649. The van der Waals surface area contributed by atoms with Gasteiger partial charge in [-0.3, -0.25) is 0 Å². The number of anilines is 6. The fourth-order valence-electron chi connectivity index (χ4n) is 11.9. The highest BCUT2D eigenvalue weighted by Crippen LogP contribution is 2.63. The topological polar surface area (TPSA) is 28.9 Å². The Morgan fingerprint density at radius 2 is 0.931 bits per heavy atom. The third-order valence-electron chi connectivity index (χ3n) is 14.9. The summed E-state index contributed by atoms with van der Waals surface area (Å²) in [5.41, 5.74) is 16.7. The van der Waals surface area contributed by atoms with Crippen LogP contribution in [0.3, 0.4) is 0 Å². The van der Waals surface area contributed by atoms with Crippen LogP contribution in [-0.2, 0) is 5.41 Å². The molecule has 15 rings (SSSR count). The Labute approximate surface area is 420 Å².